The molecule has 0 saturated carbocycles. The van der Waals surface area contributed by atoms with E-state index < -0.39 is 6.09 Å². The van der Waals surface area contributed by atoms with Gasteiger partial charge in [0, 0.05) is 24.6 Å². The van der Waals surface area contributed by atoms with Crippen molar-refractivity contribution < 1.29 is 18.8 Å². The maximum absolute atomic E-state index is 13.0. The van der Waals surface area contributed by atoms with Crippen molar-refractivity contribution in [2.24, 2.45) is 0 Å². The summed E-state index contributed by atoms with van der Waals surface area (Å²) in [6.07, 6.45) is 1.60. The van der Waals surface area contributed by atoms with Crippen LogP contribution in [0.3, 0.4) is 0 Å². The number of benzene rings is 1. The third-order valence-electron chi connectivity index (χ3n) is 4.59. The molecule has 7 heteroatoms. The fourth-order valence-electron chi connectivity index (χ4n) is 3.32. The number of hydrogen-bond donors (Lipinski definition) is 2. The second-order valence-electron chi connectivity index (χ2n) is 6.13. The molecule has 1 aromatic carbocycles. The molecule has 24 heavy (non-hydrogen) atoms. The van der Waals surface area contributed by atoms with Crippen LogP contribution in [0, 0.1) is 5.82 Å². The molecule has 0 spiro atoms. The molecule has 1 saturated heterocycles. The van der Waals surface area contributed by atoms with Crippen LogP contribution in [0.5, 0.6) is 0 Å². The molecule has 1 amide bonds. The predicted octanol–water partition coefficient (Wildman–Crippen LogP) is 2.97. The molecule has 1 aliphatic rings. The number of likely N-dealkylation sites (tertiary alicyclic amines) is 1. The van der Waals surface area contributed by atoms with Crippen LogP contribution in [0.15, 0.2) is 39.6 Å². The molecule has 2 atom stereocenters. The Kier molecular flexibility index (Phi) is 4.69. The second kappa shape index (κ2) is 6.90. The fourth-order valence-corrected chi connectivity index (χ4v) is 3.32. The van der Waals surface area contributed by atoms with Gasteiger partial charge in [-0.3, -0.25) is 4.79 Å². The lowest BCUT2D eigenvalue weighted by molar-refractivity contribution is 0.0936. The molecule has 0 radical (unpaired) electrons. The van der Waals surface area contributed by atoms with Crippen molar-refractivity contribution in [2.75, 3.05) is 6.54 Å². The maximum Gasteiger partial charge on any atom is 0.407 e. The summed E-state index contributed by atoms with van der Waals surface area (Å²) in [5.41, 5.74) is 0.686. The molecule has 2 N–H and O–H groups in total. The van der Waals surface area contributed by atoms with E-state index in [1.165, 1.54) is 23.1 Å². The molecule has 2 aromatic rings. The van der Waals surface area contributed by atoms with E-state index in [0.717, 1.165) is 5.56 Å². The number of amides is 1. The number of halogens is 1. The minimum absolute atomic E-state index is 0.0257. The Hall–Kier alpha value is -2.57. The van der Waals surface area contributed by atoms with E-state index in [-0.39, 0.29) is 23.3 Å². The van der Waals surface area contributed by atoms with Crippen molar-refractivity contribution >= 4 is 6.09 Å². The van der Waals surface area contributed by atoms with E-state index in [2.05, 4.69) is 5.16 Å². The smallest absolute Gasteiger partial charge is 0.407 e. The van der Waals surface area contributed by atoms with Crippen LogP contribution >= 0.6 is 0 Å². The van der Waals surface area contributed by atoms with E-state index in [1.54, 1.807) is 12.1 Å². The molecule has 128 valence electrons. The van der Waals surface area contributed by atoms with Crippen LogP contribution in [-0.2, 0) is 6.42 Å². The molecule has 3 rings (SSSR count). The lowest BCUT2D eigenvalue weighted by Gasteiger charge is -2.37. The highest BCUT2D eigenvalue weighted by atomic mass is 19.1. The molecule has 1 aromatic heterocycles. The quantitative estimate of drug-likeness (QED) is 0.900. The number of H-pyrrole nitrogens is 1. The highest BCUT2D eigenvalue weighted by Crippen LogP contribution is 2.32. The van der Waals surface area contributed by atoms with E-state index in [1.807, 2.05) is 0 Å². The van der Waals surface area contributed by atoms with Gasteiger partial charge in [-0.1, -0.05) is 12.1 Å². The summed E-state index contributed by atoms with van der Waals surface area (Å²) in [6.45, 7) is 0.406. The van der Waals surface area contributed by atoms with Crippen molar-refractivity contribution in [2.45, 2.75) is 37.6 Å². The first-order chi connectivity index (χ1) is 11.5. The van der Waals surface area contributed by atoms with Crippen molar-refractivity contribution in [3.63, 3.8) is 0 Å². The zero-order chi connectivity index (χ0) is 17.1. The van der Waals surface area contributed by atoms with Crippen molar-refractivity contribution in [3.8, 4) is 0 Å². The van der Waals surface area contributed by atoms with Crippen molar-refractivity contribution in [1.82, 2.24) is 10.1 Å². The molecule has 1 aliphatic heterocycles. The monoisotopic (exact) mass is 334 g/mol. The largest absolute Gasteiger partial charge is 0.465 e. The maximum atomic E-state index is 13.0. The minimum Gasteiger partial charge on any atom is -0.465 e. The Balaban J connectivity index is 1.69. The number of aryl methyl sites for hydroxylation is 1. The Morgan fingerprint density at radius 2 is 2.12 bits per heavy atom. The van der Waals surface area contributed by atoms with Gasteiger partial charge in [0.25, 0.3) is 5.56 Å². The average Bonchev–Trinajstić information content (AvgIpc) is 3.00. The van der Waals surface area contributed by atoms with Crippen LogP contribution in [0.4, 0.5) is 9.18 Å². The number of aromatic nitrogens is 1. The molecular weight excluding hydrogens is 315 g/mol. The standard InChI is InChI=1S/C17H19FN2O4/c18-13-4-1-11(2-5-13)3-6-14-9-12(7-8-20(14)17(22)23)15-10-16(21)19-24-15/h1-2,4-5,10,12,14H,3,6-9H2,(H,19,21)(H,22,23)/t12-,14+/m1/s1. The first kappa shape index (κ1) is 16.3. The van der Waals surface area contributed by atoms with E-state index in [9.17, 15) is 19.1 Å². The molecule has 0 aliphatic carbocycles. The summed E-state index contributed by atoms with van der Waals surface area (Å²) in [5.74, 6) is 0.320. The van der Waals surface area contributed by atoms with Gasteiger partial charge in [-0.2, -0.15) is 5.16 Å². The molecule has 0 unspecified atom stereocenters. The predicted molar refractivity (Wildman–Crippen MR) is 84.5 cm³/mol. The highest BCUT2D eigenvalue weighted by Gasteiger charge is 2.33. The zero-order valence-electron chi connectivity index (χ0n) is 13.1. The number of aromatic amines is 1. The van der Waals surface area contributed by atoms with E-state index >= 15 is 0 Å². The number of nitrogens with one attached hydrogen (secondary N) is 1. The summed E-state index contributed by atoms with van der Waals surface area (Å²) >= 11 is 0. The number of carbonyl (C=O) groups is 1. The number of nitrogens with zero attached hydrogens (tertiary/aromatic N) is 1. The van der Waals surface area contributed by atoms with E-state index in [0.29, 0.717) is 38.0 Å². The third kappa shape index (κ3) is 3.67. The Labute approximate surface area is 137 Å². The van der Waals surface area contributed by atoms with Gasteiger partial charge in [0.2, 0.25) is 0 Å². The van der Waals surface area contributed by atoms with Crippen LogP contribution in [0.25, 0.3) is 0 Å². The number of piperidine rings is 1. The van der Waals surface area contributed by atoms with Gasteiger partial charge in [0.1, 0.15) is 11.6 Å². The summed E-state index contributed by atoms with van der Waals surface area (Å²) in [6, 6.07) is 7.51. The molecule has 1 fully saturated rings. The SMILES string of the molecule is O=C(O)N1CC[C@@H](c2cc(=O)[nH]o2)C[C@@H]1CCc1ccc(F)cc1. The first-order valence-corrected chi connectivity index (χ1v) is 7.95. The lowest BCUT2D eigenvalue weighted by Crippen LogP contribution is -2.45. The van der Waals surface area contributed by atoms with Gasteiger partial charge >= 0.3 is 6.09 Å². The van der Waals surface area contributed by atoms with Crippen LogP contribution in [0.2, 0.25) is 0 Å². The van der Waals surface area contributed by atoms with Gasteiger partial charge in [-0.15, -0.1) is 0 Å². The minimum atomic E-state index is -0.937. The summed E-state index contributed by atoms with van der Waals surface area (Å²) in [4.78, 5) is 24.2. The van der Waals surface area contributed by atoms with E-state index in [4.69, 9.17) is 4.52 Å². The molecule has 6 nitrogen and oxygen atoms in total. The van der Waals surface area contributed by atoms with Crippen molar-refractivity contribution in [3.05, 3.63) is 57.8 Å². The number of hydrogen-bond acceptors (Lipinski definition) is 3. The second-order valence-corrected chi connectivity index (χ2v) is 6.13. The zero-order valence-corrected chi connectivity index (χ0v) is 13.1. The number of carboxylic acid groups (broad SMARTS) is 1. The first-order valence-electron chi connectivity index (χ1n) is 7.95. The van der Waals surface area contributed by atoms with Gasteiger partial charge in [-0.05, 0) is 43.4 Å². The normalized spacial score (nSPS) is 21.0. The highest BCUT2D eigenvalue weighted by molar-refractivity contribution is 5.65. The average molecular weight is 334 g/mol. The number of rotatable bonds is 4. The molecule has 2 heterocycles. The van der Waals surface area contributed by atoms with Crippen molar-refractivity contribution in [1.29, 1.82) is 0 Å². The van der Waals surface area contributed by atoms with Crippen LogP contribution in [-0.4, -0.2) is 33.8 Å². The van der Waals surface area contributed by atoms with Gasteiger partial charge < -0.3 is 14.5 Å². The van der Waals surface area contributed by atoms with Gasteiger partial charge in [0.05, 0.1) is 0 Å². The van der Waals surface area contributed by atoms with Gasteiger partial charge in [-0.25, -0.2) is 9.18 Å². The van der Waals surface area contributed by atoms with Gasteiger partial charge in [0.15, 0.2) is 0 Å². The molecule has 0 bridgehead atoms. The van der Waals surface area contributed by atoms with Crippen LogP contribution in [0.1, 0.15) is 36.5 Å². The summed E-state index contributed by atoms with van der Waals surface area (Å²) < 4.78 is 18.1. The topological polar surface area (TPSA) is 86.5 Å². The third-order valence-corrected chi connectivity index (χ3v) is 4.59. The van der Waals surface area contributed by atoms with Crippen LogP contribution < -0.4 is 5.56 Å². The summed E-state index contributed by atoms with van der Waals surface area (Å²) in [7, 11) is 0. The fraction of sp³-hybridized carbons (Fsp3) is 0.412. The Morgan fingerprint density at radius 1 is 1.38 bits per heavy atom. The molecular formula is C17H19FN2O4. The summed E-state index contributed by atoms with van der Waals surface area (Å²) in [5, 5.41) is 11.7. The lowest BCUT2D eigenvalue weighted by atomic mass is 9.86. The Bertz CT molecular complexity index is 752. The Morgan fingerprint density at radius 3 is 2.75 bits per heavy atom.